The zero-order valence-electron chi connectivity index (χ0n) is 33.6. The van der Waals surface area contributed by atoms with Crippen LogP contribution in [0.3, 0.4) is 0 Å². The Morgan fingerprint density at radius 2 is 0.590 bits per heavy atom. The zero-order valence-corrected chi connectivity index (χ0v) is 33.6. The summed E-state index contributed by atoms with van der Waals surface area (Å²) in [7, 11) is 0. The van der Waals surface area contributed by atoms with Crippen LogP contribution in [0.1, 0.15) is 0 Å². The Morgan fingerprint density at radius 1 is 0.197 bits per heavy atom. The predicted molar refractivity (Wildman–Crippen MR) is 261 cm³/mol. The van der Waals surface area contributed by atoms with E-state index in [9.17, 15) is 0 Å². The molecular weight excluding hydrogens is 735 g/mol. The van der Waals surface area contributed by atoms with Crippen LogP contribution in [-0.2, 0) is 0 Å². The second-order valence-electron chi connectivity index (χ2n) is 15.7. The lowest BCUT2D eigenvalue weighted by molar-refractivity contribution is 1.29. The first-order valence-electron chi connectivity index (χ1n) is 21.0. The summed E-state index contributed by atoms with van der Waals surface area (Å²) in [5.41, 5.74) is 15.3. The normalized spacial score (nSPS) is 11.3. The van der Waals surface area contributed by atoms with E-state index in [1.807, 2.05) is 0 Å². The Bertz CT molecular complexity index is 3330. The number of fused-ring (bicyclic) bond motifs is 4. The molecule has 0 aliphatic carbocycles. The first-order chi connectivity index (χ1) is 30.2. The molecule has 0 spiro atoms. The van der Waals surface area contributed by atoms with Crippen molar-refractivity contribution in [2.75, 3.05) is 4.90 Å². The van der Waals surface area contributed by atoms with Gasteiger partial charge in [-0.1, -0.05) is 212 Å². The van der Waals surface area contributed by atoms with Crippen molar-refractivity contribution in [2.45, 2.75) is 0 Å². The highest BCUT2D eigenvalue weighted by molar-refractivity contribution is 6.09. The summed E-state index contributed by atoms with van der Waals surface area (Å²) in [6, 6.07) is 90.5. The van der Waals surface area contributed by atoms with Gasteiger partial charge in [0, 0.05) is 17.1 Å². The highest BCUT2D eigenvalue weighted by Gasteiger charge is 2.18. The summed E-state index contributed by atoms with van der Waals surface area (Å²) in [5, 5.41) is 7.48. The van der Waals surface area contributed by atoms with E-state index in [2.05, 4.69) is 254 Å². The van der Waals surface area contributed by atoms with Crippen LogP contribution < -0.4 is 4.90 Å². The molecule has 11 rings (SSSR count). The van der Waals surface area contributed by atoms with Crippen molar-refractivity contribution in [3.63, 3.8) is 0 Å². The molecule has 0 saturated heterocycles. The lowest BCUT2D eigenvalue weighted by Gasteiger charge is -2.27. The molecule has 286 valence electrons. The fourth-order valence-corrected chi connectivity index (χ4v) is 9.06. The third-order valence-corrected chi connectivity index (χ3v) is 12.1. The molecule has 61 heavy (non-hydrogen) atoms. The number of hydrogen-bond donors (Lipinski definition) is 0. The summed E-state index contributed by atoms with van der Waals surface area (Å²) >= 11 is 0. The summed E-state index contributed by atoms with van der Waals surface area (Å²) in [6.45, 7) is 0. The van der Waals surface area contributed by atoms with Crippen molar-refractivity contribution in [3.8, 4) is 55.6 Å². The number of nitrogens with zero attached hydrogens (tertiary/aromatic N) is 1. The van der Waals surface area contributed by atoms with E-state index in [1.54, 1.807) is 0 Å². The molecule has 0 aliphatic heterocycles. The molecule has 0 unspecified atom stereocenters. The van der Waals surface area contributed by atoms with E-state index in [0.717, 1.165) is 17.1 Å². The van der Waals surface area contributed by atoms with Crippen LogP contribution >= 0.6 is 0 Å². The fraction of sp³-hybridized carbons (Fsp3) is 0. The largest absolute Gasteiger partial charge is 0.310 e. The average Bonchev–Trinajstić information content (AvgIpc) is 3.34. The van der Waals surface area contributed by atoms with Crippen molar-refractivity contribution >= 4 is 49.4 Å². The van der Waals surface area contributed by atoms with Crippen LogP contribution in [0.2, 0.25) is 0 Å². The maximum Gasteiger partial charge on any atom is 0.0468 e. The molecule has 0 atom stereocenters. The molecule has 11 aromatic carbocycles. The summed E-state index contributed by atoms with van der Waals surface area (Å²) in [5.74, 6) is 0. The fourth-order valence-electron chi connectivity index (χ4n) is 9.06. The van der Waals surface area contributed by atoms with Gasteiger partial charge in [0.1, 0.15) is 0 Å². The highest BCUT2D eigenvalue weighted by atomic mass is 15.1. The van der Waals surface area contributed by atoms with Gasteiger partial charge in [-0.3, -0.25) is 0 Å². The van der Waals surface area contributed by atoms with Gasteiger partial charge in [-0.05, 0) is 124 Å². The summed E-state index contributed by atoms with van der Waals surface area (Å²) in [4.78, 5) is 2.41. The minimum absolute atomic E-state index is 1.09. The molecule has 0 radical (unpaired) electrons. The van der Waals surface area contributed by atoms with Gasteiger partial charge >= 0.3 is 0 Å². The minimum atomic E-state index is 1.09. The minimum Gasteiger partial charge on any atom is -0.310 e. The second-order valence-corrected chi connectivity index (χ2v) is 15.7. The van der Waals surface area contributed by atoms with E-state index in [0.29, 0.717) is 0 Å². The molecule has 0 aromatic heterocycles. The molecule has 0 amide bonds. The lowest BCUT2D eigenvalue weighted by atomic mass is 9.92. The van der Waals surface area contributed by atoms with E-state index in [-0.39, 0.29) is 0 Å². The van der Waals surface area contributed by atoms with Crippen molar-refractivity contribution < 1.29 is 0 Å². The topological polar surface area (TPSA) is 3.24 Å². The highest BCUT2D eigenvalue weighted by Crippen LogP contribution is 2.43. The van der Waals surface area contributed by atoms with Gasteiger partial charge in [0.25, 0.3) is 0 Å². The molecule has 11 aromatic rings. The van der Waals surface area contributed by atoms with Crippen molar-refractivity contribution in [3.05, 3.63) is 249 Å². The summed E-state index contributed by atoms with van der Waals surface area (Å²) < 4.78 is 0. The number of benzene rings is 11. The van der Waals surface area contributed by atoms with E-state index >= 15 is 0 Å². The van der Waals surface area contributed by atoms with Gasteiger partial charge in [0.15, 0.2) is 0 Å². The van der Waals surface area contributed by atoms with Gasteiger partial charge < -0.3 is 4.90 Å². The molecule has 0 bridgehead atoms. The van der Waals surface area contributed by atoms with Crippen molar-refractivity contribution in [2.24, 2.45) is 0 Å². The third-order valence-electron chi connectivity index (χ3n) is 12.1. The van der Waals surface area contributed by atoms with Crippen LogP contribution in [0.5, 0.6) is 0 Å². The van der Waals surface area contributed by atoms with Gasteiger partial charge in [0.2, 0.25) is 0 Å². The molecule has 0 saturated carbocycles. The molecule has 0 fully saturated rings. The molecule has 0 aliphatic rings. The van der Waals surface area contributed by atoms with Gasteiger partial charge in [-0.15, -0.1) is 0 Å². The monoisotopic (exact) mass is 775 g/mol. The Hall–Kier alpha value is -8.00. The van der Waals surface area contributed by atoms with Gasteiger partial charge in [-0.2, -0.15) is 0 Å². The summed E-state index contributed by atoms with van der Waals surface area (Å²) in [6.07, 6.45) is 0. The van der Waals surface area contributed by atoms with E-state index in [1.165, 1.54) is 88.0 Å². The Morgan fingerprint density at radius 3 is 1.26 bits per heavy atom. The quantitative estimate of drug-likeness (QED) is 0.139. The van der Waals surface area contributed by atoms with E-state index < -0.39 is 0 Å². The van der Waals surface area contributed by atoms with E-state index in [4.69, 9.17) is 0 Å². The van der Waals surface area contributed by atoms with Crippen molar-refractivity contribution in [1.29, 1.82) is 0 Å². The third kappa shape index (κ3) is 6.83. The van der Waals surface area contributed by atoms with Gasteiger partial charge in [0.05, 0.1) is 0 Å². The second kappa shape index (κ2) is 15.6. The van der Waals surface area contributed by atoms with Crippen LogP contribution in [0, 0.1) is 0 Å². The number of anilines is 3. The zero-order chi connectivity index (χ0) is 40.5. The smallest absolute Gasteiger partial charge is 0.0468 e. The van der Waals surface area contributed by atoms with Gasteiger partial charge in [-0.25, -0.2) is 0 Å². The first kappa shape index (κ1) is 36.1. The maximum atomic E-state index is 2.41. The maximum absolute atomic E-state index is 2.41. The number of rotatable bonds is 8. The Labute approximate surface area is 357 Å². The first-order valence-corrected chi connectivity index (χ1v) is 21.0. The molecule has 0 N–H and O–H groups in total. The molecule has 1 heteroatoms. The lowest BCUT2D eigenvalue weighted by Crippen LogP contribution is -2.10. The Balaban J connectivity index is 1.02. The SMILES string of the molecule is c1ccc(-c2ccc(N(c3ccc(-c4ccccc4-c4ccc(-c5cccc6ccccc56)cc4)cc3)c3ccc4ccc5ccccc5c4c3)cc2-c2ccccc2)cc1. The van der Waals surface area contributed by atoms with Crippen LogP contribution in [0.4, 0.5) is 17.1 Å². The average molecular weight is 776 g/mol. The molecular formula is C60H41N. The molecule has 0 heterocycles. The van der Waals surface area contributed by atoms with Crippen molar-refractivity contribution in [1.82, 2.24) is 0 Å². The standard InChI is InChI=1S/C60H41N/c1-3-14-42(15-4-1)58-39-38-52(41-59(58)44-16-5-2-6-17-44)61(51-37-34-49-31-26-45-19-8-10-24-57(45)60(49)40-51)50-35-32-48(33-36-50)55-23-12-11-22-54(55)46-27-29-47(30-28-46)56-25-13-20-43-18-7-9-21-53(43)56/h1-41H. The van der Waals surface area contributed by atoms with Crippen LogP contribution in [0.25, 0.3) is 88.0 Å². The number of hydrogen-bond acceptors (Lipinski definition) is 1. The predicted octanol–water partition coefficient (Wildman–Crippen LogP) is 17.0. The Kier molecular flexibility index (Phi) is 9.26. The molecule has 1 nitrogen and oxygen atoms in total. The van der Waals surface area contributed by atoms with Crippen LogP contribution in [0.15, 0.2) is 249 Å². The van der Waals surface area contributed by atoms with Crippen LogP contribution in [-0.4, -0.2) is 0 Å².